The van der Waals surface area contributed by atoms with E-state index in [1.54, 1.807) is 0 Å². The van der Waals surface area contributed by atoms with E-state index in [-0.39, 0.29) is 10.6 Å². The van der Waals surface area contributed by atoms with Crippen molar-refractivity contribution in [3.63, 3.8) is 0 Å². The molecule has 0 atom stereocenters. The Hall–Kier alpha value is -0.680. The van der Waals surface area contributed by atoms with Crippen LogP contribution in [0.25, 0.3) is 0 Å². The molecule has 0 radical (unpaired) electrons. The van der Waals surface area contributed by atoms with Gasteiger partial charge in [0, 0.05) is 12.4 Å². The summed E-state index contributed by atoms with van der Waals surface area (Å²) in [4.78, 5) is 3.61. The highest BCUT2D eigenvalue weighted by atomic mass is 35.5. The fourth-order valence-electron chi connectivity index (χ4n) is 0.734. The van der Waals surface area contributed by atoms with E-state index in [2.05, 4.69) is 4.98 Å². The van der Waals surface area contributed by atoms with Crippen LogP contribution in [-0.2, 0) is 16.0 Å². The molecule has 1 aromatic rings. The summed E-state index contributed by atoms with van der Waals surface area (Å²) in [5.74, 6) is -0.680. The fraction of sp³-hybridized carbons (Fsp3) is 0.167. The normalized spacial score (nSPS) is 11.5. The Kier molecular flexibility index (Phi) is 2.64. The minimum absolute atomic E-state index is 0.241. The van der Waals surface area contributed by atoms with Gasteiger partial charge in [-0.1, -0.05) is 11.6 Å². The van der Waals surface area contributed by atoms with Gasteiger partial charge in [0.2, 0.25) is 0 Å². The molecule has 1 heterocycles. The molecule has 66 valence electrons. The minimum atomic E-state index is -4.49. The van der Waals surface area contributed by atoms with E-state index in [1.807, 2.05) is 0 Å². The van der Waals surface area contributed by atoms with Crippen LogP contribution in [0.3, 0.4) is 0 Å². The molecule has 3 nitrogen and oxygen atoms in total. The molecule has 12 heavy (non-hydrogen) atoms. The smallest absolute Gasteiger partial charge is 0.263 e. The van der Waals surface area contributed by atoms with Crippen LogP contribution in [0.2, 0.25) is 5.02 Å². The van der Waals surface area contributed by atoms with Crippen molar-refractivity contribution in [2.24, 2.45) is 0 Å². The summed E-state index contributed by atoms with van der Waals surface area (Å²) in [5.41, 5.74) is 0.241. The lowest BCUT2D eigenvalue weighted by Crippen LogP contribution is -1.96. The van der Waals surface area contributed by atoms with Crippen molar-refractivity contribution >= 4 is 21.8 Å². The van der Waals surface area contributed by atoms with Gasteiger partial charge in [-0.25, -0.2) is 0 Å². The highest BCUT2D eigenvalue weighted by Crippen LogP contribution is 2.11. The zero-order valence-electron chi connectivity index (χ0n) is 5.87. The second-order valence-electron chi connectivity index (χ2n) is 2.19. The van der Waals surface area contributed by atoms with Gasteiger partial charge >= 0.3 is 10.2 Å². The van der Waals surface area contributed by atoms with E-state index in [0.717, 1.165) is 0 Å². The Labute approximate surface area is 74.4 Å². The Morgan fingerprint density at radius 1 is 1.50 bits per heavy atom. The van der Waals surface area contributed by atoms with Crippen LogP contribution in [0, 0.1) is 0 Å². The standard InChI is InChI=1S/C6H5ClFNO2S/c7-6-1-5(2-9-3-6)4-12(8,10)11/h1-3H,4H2. The van der Waals surface area contributed by atoms with Crippen LogP contribution in [0.4, 0.5) is 3.89 Å². The molecule has 0 aliphatic carbocycles. The van der Waals surface area contributed by atoms with E-state index in [9.17, 15) is 12.3 Å². The molecule has 0 N–H and O–H groups in total. The number of pyridine rings is 1. The van der Waals surface area contributed by atoms with E-state index < -0.39 is 16.0 Å². The van der Waals surface area contributed by atoms with E-state index >= 15 is 0 Å². The first-order valence-corrected chi connectivity index (χ1v) is 4.92. The van der Waals surface area contributed by atoms with Crippen LogP contribution < -0.4 is 0 Å². The fourth-order valence-corrected chi connectivity index (χ4v) is 1.49. The van der Waals surface area contributed by atoms with E-state index in [0.29, 0.717) is 0 Å². The Morgan fingerprint density at radius 3 is 2.67 bits per heavy atom. The molecule has 1 aromatic heterocycles. The Bertz CT molecular complexity index is 379. The number of nitrogens with zero attached hydrogens (tertiary/aromatic N) is 1. The van der Waals surface area contributed by atoms with Gasteiger partial charge in [-0.3, -0.25) is 4.98 Å². The Morgan fingerprint density at radius 2 is 2.17 bits per heavy atom. The van der Waals surface area contributed by atoms with Gasteiger partial charge in [-0.05, 0) is 11.6 Å². The van der Waals surface area contributed by atoms with Crippen molar-refractivity contribution in [3.05, 3.63) is 29.0 Å². The van der Waals surface area contributed by atoms with Gasteiger partial charge in [0.05, 0.1) is 5.02 Å². The van der Waals surface area contributed by atoms with Gasteiger partial charge in [0.25, 0.3) is 0 Å². The van der Waals surface area contributed by atoms with Gasteiger partial charge < -0.3 is 0 Å². The second-order valence-corrected chi connectivity index (χ2v) is 4.00. The molecule has 0 saturated heterocycles. The zero-order chi connectivity index (χ0) is 9.19. The summed E-state index contributed by atoms with van der Waals surface area (Å²) in [5, 5.41) is 0.288. The number of hydrogen-bond acceptors (Lipinski definition) is 3. The zero-order valence-corrected chi connectivity index (χ0v) is 7.44. The molecule has 1 rings (SSSR count). The van der Waals surface area contributed by atoms with Gasteiger partial charge in [-0.2, -0.15) is 8.42 Å². The lowest BCUT2D eigenvalue weighted by Gasteiger charge is -1.95. The highest BCUT2D eigenvalue weighted by Gasteiger charge is 2.08. The third-order valence-corrected chi connectivity index (χ3v) is 1.99. The molecule has 0 bridgehead atoms. The van der Waals surface area contributed by atoms with Crippen molar-refractivity contribution < 1.29 is 12.3 Å². The monoisotopic (exact) mass is 209 g/mol. The lowest BCUT2D eigenvalue weighted by atomic mass is 10.3. The largest absolute Gasteiger partial charge is 0.306 e. The first-order chi connectivity index (χ1) is 5.47. The Balaban J connectivity index is 2.91. The average molecular weight is 210 g/mol. The highest BCUT2D eigenvalue weighted by molar-refractivity contribution is 7.85. The van der Waals surface area contributed by atoms with Crippen LogP contribution in [0.1, 0.15) is 5.56 Å². The third-order valence-electron chi connectivity index (χ3n) is 1.10. The average Bonchev–Trinajstić information content (AvgIpc) is 1.82. The summed E-state index contributed by atoms with van der Waals surface area (Å²) in [6.45, 7) is 0. The van der Waals surface area contributed by atoms with Crippen molar-refractivity contribution in [1.29, 1.82) is 0 Å². The van der Waals surface area contributed by atoms with Crippen molar-refractivity contribution in [1.82, 2.24) is 4.98 Å². The van der Waals surface area contributed by atoms with Crippen LogP contribution in [0.5, 0.6) is 0 Å². The quantitative estimate of drug-likeness (QED) is 0.694. The van der Waals surface area contributed by atoms with E-state index in [1.165, 1.54) is 18.5 Å². The maximum absolute atomic E-state index is 12.1. The van der Waals surface area contributed by atoms with Gasteiger partial charge in [-0.15, -0.1) is 3.89 Å². The van der Waals surface area contributed by atoms with Crippen LogP contribution >= 0.6 is 11.6 Å². The maximum Gasteiger partial charge on any atom is 0.306 e. The maximum atomic E-state index is 12.1. The summed E-state index contributed by atoms with van der Waals surface area (Å²) < 4.78 is 32.5. The van der Waals surface area contributed by atoms with Crippen LogP contribution in [0.15, 0.2) is 18.5 Å². The molecule has 0 spiro atoms. The summed E-state index contributed by atoms with van der Waals surface area (Å²) in [7, 11) is -4.49. The predicted octanol–water partition coefficient (Wildman–Crippen LogP) is 1.53. The minimum Gasteiger partial charge on any atom is -0.263 e. The van der Waals surface area contributed by atoms with Crippen molar-refractivity contribution in [2.45, 2.75) is 5.75 Å². The van der Waals surface area contributed by atoms with Crippen molar-refractivity contribution in [3.8, 4) is 0 Å². The molecular weight excluding hydrogens is 205 g/mol. The summed E-state index contributed by atoms with van der Waals surface area (Å²) in [6, 6.07) is 1.35. The first kappa shape index (κ1) is 9.41. The van der Waals surface area contributed by atoms with Crippen molar-refractivity contribution in [2.75, 3.05) is 0 Å². The second kappa shape index (κ2) is 3.37. The van der Waals surface area contributed by atoms with Crippen LogP contribution in [-0.4, -0.2) is 13.4 Å². The third kappa shape index (κ3) is 3.15. The molecule has 0 amide bonds. The molecule has 0 aliphatic rings. The molecule has 0 unspecified atom stereocenters. The molecule has 0 aromatic carbocycles. The number of hydrogen-bond donors (Lipinski definition) is 0. The first-order valence-electron chi connectivity index (χ1n) is 2.99. The number of rotatable bonds is 2. The molecule has 0 aliphatic heterocycles. The summed E-state index contributed by atoms with van der Waals surface area (Å²) >= 11 is 5.49. The molecule has 0 saturated carbocycles. The SMILES string of the molecule is O=S(=O)(F)Cc1cncc(Cl)c1. The number of halogens is 2. The van der Waals surface area contributed by atoms with Gasteiger partial charge in [0.15, 0.2) is 0 Å². The molecule has 6 heteroatoms. The summed E-state index contributed by atoms with van der Waals surface area (Å²) in [6.07, 6.45) is 2.60. The molecule has 0 fully saturated rings. The van der Waals surface area contributed by atoms with Gasteiger partial charge in [0.1, 0.15) is 5.75 Å². The lowest BCUT2D eigenvalue weighted by molar-refractivity contribution is 0.551. The number of aromatic nitrogens is 1. The predicted molar refractivity (Wildman–Crippen MR) is 43.0 cm³/mol. The molecular formula is C6H5ClFNO2S. The topological polar surface area (TPSA) is 47.0 Å². The van der Waals surface area contributed by atoms with E-state index in [4.69, 9.17) is 11.6 Å².